The van der Waals surface area contributed by atoms with Gasteiger partial charge in [-0.3, -0.25) is 0 Å². The number of anilines is 1. The van der Waals surface area contributed by atoms with E-state index in [4.69, 9.17) is 4.74 Å². The summed E-state index contributed by atoms with van der Waals surface area (Å²) in [5.41, 5.74) is 0.717. The van der Waals surface area contributed by atoms with Gasteiger partial charge in [0.1, 0.15) is 23.1 Å². The Labute approximate surface area is 127 Å². The molecule has 2 aromatic rings. The highest BCUT2D eigenvalue weighted by atomic mass is 19.3. The Kier molecular flexibility index (Phi) is 4.18. The van der Waals surface area contributed by atoms with Crippen LogP contribution < -0.4 is 10.1 Å². The third-order valence-electron chi connectivity index (χ3n) is 3.58. The van der Waals surface area contributed by atoms with E-state index in [1.54, 1.807) is 7.11 Å². The highest BCUT2D eigenvalue weighted by Crippen LogP contribution is 2.39. The van der Waals surface area contributed by atoms with E-state index in [0.29, 0.717) is 18.2 Å². The normalized spacial score (nSPS) is 14.2. The minimum atomic E-state index is -2.59. The summed E-state index contributed by atoms with van der Waals surface area (Å²) in [6.07, 6.45) is -0.649. The van der Waals surface area contributed by atoms with Crippen molar-refractivity contribution in [3.05, 3.63) is 47.4 Å². The molecule has 0 spiro atoms. The van der Waals surface area contributed by atoms with Gasteiger partial charge in [0.25, 0.3) is 6.43 Å². The van der Waals surface area contributed by atoms with Crippen LogP contribution in [0.15, 0.2) is 30.3 Å². The molecule has 1 aliphatic carbocycles. The van der Waals surface area contributed by atoms with Crippen LogP contribution in [0.1, 0.15) is 42.3 Å². The van der Waals surface area contributed by atoms with Crippen LogP contribution >= 0.6 is 0 Å². The molecule has 116 valence electrons. The Balaban J connectivity index is 1.79. The zero-order chi connectivity index (χ0) is 15.5. The molecule has 22 heavy (non-hydrogen) atoms. The van der Waals surface area contributed by atoms with E-state index in [1.165, 1.54) is 6.07 Å². The Morgan fingerprint density at radius 1 is 1.27 bits per heavy atom. The van der Waals surface area contributed by atoms with Crippen molar-refractivity contribution < 1.29 is 13.5 Å². The van der Waals surface area contributed by atoms with E-state index in [0.717, 1.165) is 24.2 Å². The summed E-state index contributed by atoms with van der Waals surface area (Å²) < 4.78 is 31.2. The van der Waals surface area contributed by atoms with Crippen LogP contribution in [0, 0.1) is 0 Å². The fourth-order valence-electron chi connectivity index (χ4n) is 2.25. The zero-order valence-corrected chi connectivity index (χ0v) is 12.2. The van der Waals surface area contributed by atoms with E-state index in [1.807, 2.05) is 24.3 Å². The van der Waals surface area contributed by atoms with Crippen molar-refractivity contribution in [2.24, 2.45) is 0 Å². The summed E-state index contributed by atoms with van der Waals surface area (Å²) in [5, 5.41) is 3.09. The highest BCUT2D eigenvalue weighted by Gasteiger charge is 2.28. The first-order chi connectivity index (χ1) is 10.7. The van der Waals surface area contributed by atoms with Crippen molar-refractivity contribution in [3.8, 4) is 5.75 Å². The van der Waals surface area contributed by atoms with Gasteiger partial charge in [0, 0.05) is 24.1 Å². The maximum absolute atomic E-state index is 13.0. The van der Waals surface area contributed by atoms with Crippen molar-refractivity contribution in [3.63, 3.8) is 0 Å². The lowest BCUT2D eigenvalue weighted by molar-refractivity contribution is 0.145. The average molecular weight is 305 g/mol. The van der Waals surface area contributed by atoms with Crippen molar-refractivity contribution >= 4 is 5.82 Å². The molecule has 0 radical (unpaired) electrons. The highest BCUT2D eigenvalue weighted by molar-refractivity contribution is 5.41. The molecule has 1 aromatic heterocycles. The van der Waals surface area contributed by atoms with Crippen LogP contribution in [-0.2, 0) is 6.54 Å². The Hall–Kier alpha value is -2.24. The SMILES string of the molecule is COc1ccccc1CNc1cc(C(F)F)nc(C2CC2)n1. The molecule has 1 heterocycles. The summed E-state index contributed by atoms with van der Waals surface area (Å²) in [4.78, 5) is 8.31. The predicted octanol–water partition coefficient (Wildman–Crippen LogP) is 3.91. The number of rotatable bonds is 6. The van der Waals surface area contributed by atoms with Gasteiger partial charge >= 0.3 is 0 Å². The lowest BCUT2D eigenvalue weighted by atomic mass is 10.2. The van der Waals surface area contributed by atoms with Gasteiger partial charge in [0.05, 0.1) is 7.11 Å². The molecule has 1 aliphatic rings. The first-order valence-corrected chi connectivity index (χ1v) is 7.20. The molecular weight excluding hydrogens is 288 g/mol. The minimum Gasteiger partial charge on any atom is -0.496 e. The van der Waals surface area contributed by atoms with Crippen molar-refractivity contribution in [2.75, 3.05) is 12.4 Å². The van der Waals surface area contributed by atoms with E-state index in [2.05, 4.69) is 15.3 Å². The summed E-state index contributed by atoms with van der Waals surface area (Å²) in [6.45, 7) is 0.452. The van der Waals surface area contributed by atoms with Gasteiger partial charge in [-0.1, -0.05) is 18.2 Å². The van der Waals surface area contributed by atoms with Gasteiger partial charge in [0.2, 0.25) is 0 Å². The molecule has 3 rings (SSSR count). The van der Waals surface area contributed by atoms with Gasteiger partial charge in [0.15, 0.2) is 0 Å². The maximum atomic E-state index is 13.0. The molecule has 6 heteroatoms. The second-order valence-corrected chi connectivity index (χ2v) is 5.28. The summed E-state index contributed by atoms with van der Waals surface area (Å²) in [5.74, 6) is 1.92. The monoisotopic (exact) mass is 305 g/mol. The molecule has 1 fully saturated rings. The quantitative estimate of drug-likeness (QED) is 0.879. The second-order valence-electron chi connectivity index (χ2n) is 5.28. The smallest absolute Gasteiger partial charge is 0.280 e. The fourth-order valence-corrected chi connectivity index (χ4v) is 2.25. The molecule has 1 N–H and O–H groups in total. The molecule has 1 saturated carbocycles. The van der Waals surface area contributed by atoms with Crippen LogP contribution in [0.3, 0.4) is 0 Å². The molecule has 0 atom stereocenters. The topological polar surface area (TPSA) is 47.0 Å². The number of para-hydroxylation sites is 1. The van der Waals surface area contributed by atoms with Gasteiger partial charge in [-0.15, -0.1) is 0 Å². The predicted molar refractivity (Wildman–Crippen MR) is 79.3 cm³/mol. The largest absolute Gasteiger partial charge is 0.496 e. The van der Waals surface area contributed by atoms with Crippen LogP contribution in [0.25, 0.3) is 0 Å². The Morgan fingerprint density at radius 2 is 2.05 bits per heavy atom. The number of hydrogen-bond donors (Lipinski definition) is 1. The van der Waals surface area contributed by atoms with Gasteiger partial charge < -0.3 is 10.1 Å². The molecule has 0 bridgehead atoms. The first-order valence-electron chi connectivity index (χ1n) is 7.20. The Bertz CT molecular complexity index is 639. The summed E-state index contributed by atoms with van der Waals surface area (Å²) in [7, 11) is 1.60. The number of nitrogens with zero attached hydrogens (tertiary/aromatic N) is 2. The fraction of sp³-hybridized carbons (Fsp3) is 0.375. The Morgan fingerprint density at radius 3 is 2.73 bits per heavy atom. The lowest BCUT2D eigenvalue weighted by Gasteiger charge is -2.11. The average Bonchev–Trinajstić information content (AvgIpc) is 3.37. The van der Waals surface area contributed by atoms with Crippen molar-refractivity contribution in [1.82, 2.24) is 9.97 Å². The molecular formula is C16H17F2N3O. The number of ether oxygens (including phenoxy) is 1. The third kappa shape index (κ3) is 3.32. The third-order valence-corrected chi connectivity index (χ3v) is 3.58. The lowest BCUT2D eigenvalue weighted by Crippen LogP contribution is -2.07. The zero-order valence-electron chi connectivity index (χ0n) is 12.2. The molecule has 0 aliphatic heterocycles. The number of hydrogen-bond acceptors (Lipinski definition) is 4. The van der Waals surface area contributed by atoms with E-state index < -0.39 is 6.43 Å². The van der Waals surface area contributed by atoms with Crippen LogP contribution in [0.4, 0.5) is 14.6 Å². The standard InChI is InChI=1S/C16H17F2N3O/c1-22-13-5-3-2-4-11(13)9-19-14-8-12(15(17)18)20-16(21-14)10-6-7-10/h2-5,8,10,15H,6-7,9H2,1H3,(H,19,20,21). The van der Waals surface area contributed by atoms with E-state index >= 15 is 0 Å². The first kappa shape index (κ1) is 14.7. The van der Waals surface area contributed by atoms with Crippen molar-refractivity contribution in [2.45, 2.75) is 31.7 Å². The number of benzene rings is 1. The molecule has 1 aromatic carbocycles. The number of methoxy groups -OCH3 is 1. The number of alkyl halides is 2. The summed E-state index contributed by atoms with van der Waals surface area (Å²) in [6, 6.07) is 8.87. The van der Waals surface area contributed by atoms with E-state index in [9.17, 15) is 8.78 Å². The van der Waals surface area contributed by atoms with Crippen LogP contribution in [-0.4, -0.2) is 17.1 Å². The van der Waals surface area contributed by atoms with Crippen molar-refractivity contribution in [1.29, 1.82) is 0 Å². The summed E-state index contributed by atoms with van der Waals surface area (Å²) >= 11 is 0. The molecule has 0 amide bonds. The second kappa shape index (κ2) is 6.25. The minimum absolute atomic E-state index is 0.223. The van der Waals surface area contributed by atoms with Crippen LogP contribution in [0.5, 0.6) is 5.75 Å². The van der Waals surface area contributed by atoms with Gasteiger partial charge in [-0.25, -0.2) is 18.7 Å². The molecule has 0 unspecified atom stereocenters. The number of nitrogens with one attached hydrogen (secondary N) is 1. The molecule has 4 nitrogen and oxygen atoms in total. The van der Waals surface area contributed by atoms with Crippen LogP contribution in [0.2, 0.25) is 0 Å². The number of halogens is 2. The van der Waals surface area contributed by atoms with Gasteiger partial charge in [-0.05, 0) is 18.9 Å². The number of aromatic nitrogens is 2. The van der Waals surface area contributed by atoms with E-state index in [-0.39, 0.29) is 11.6 Å². The maximum Gasteiger partial charge on any atom is 0.280 e. The molecule has 0 saturated heterocycles. The van der Waals surface area contributed by atoms with Gasteiger partial charge in [-0.2, -0.15) is 0 Å².